The number of carbonyl (C=O) groups is 1. The molecule has 1 unspecified atom stereocenters. The standard InChI is InChI=1S/C13H26O/c1-4-6-7-8-9-10-11-13(5-2)12(3)14/h13H,4-11H2,1-3H3. The minimum absolute atomic E-state index is 0.334. The van der Waals surface area contributed by atoms with Crippen molar-refractivity contribution in [2.75, 3.05) is 0 Å². The van der Waals surface area contributed by atoms with Gasteiger partial charge >= 0.3 is 0 Å². The van der Waals surface area contributed by atoms with Gasteiger partial charge in [-0.15, -0.1) is 0 Å². The molecule has 1 heteroatoms. The molecular weight excluding hydrogens is 172 g/mol. The summed E-state index contributed by atoms with van der Waals surface area (Å²) >= 11 is 0. The maximum Gasteiger partial charge on any atom is 0.132 e. The zero-order chi connectivity index (χ0) is 10.8. The first-order chi connectivity index (χ1) is 6.72. The largest absolute Gasteiger partial charge is 0.300 e. The van der Waals surface area contributed by atoms with Crippen molar-refractivity contribution >= 4 is 5.78 Å². The lowest BCUT2D eigenvalue weighted by atomic mass is 9.95. The van der Waals surface area contributed by atoms with Gasteiger partial charge in [-0.25, -0.2) is 0 Å². The summed E-state index contributed by atoms with van der Waals surface area (Å²) in [6.07, 6.45) is 10.1. The van der Waals surface area contributed by atoms with E-state index >= 15 is 0 Å². The summed E-state index contributed by atoms with van der Waals surface area (Å²) in [7, 11) is 0. The van der Waals surface area contributed by atoms with Gasteiger partial charge in [-0.1, -0.05) is 52.4 Å². The van der Waals surface area contributed by atoms with Crippen LogP contribution in [0.5, 0.6) is 0 Å². The van der Waals surface area contributed by atoms with Crippen LogP contribution in [0.4, 0.5) is 0 Å². The smallest absolute Gasteiger partial charge is 0.132 e. The van der Waals surface area contributed by atoms with Gasteiger partial charge < -0.3 is 0 Å². The molecule has 0 radical (unpaired) electrons. The summed E-state index contributed by atoms with van der Waals surface area (Å²) in [4.78, 5) is 11.1. The predicted octanol–water partition coefficient (Wildman–Crippen LogP) is 4.35. The lowest BCUT2D eigenvalue weighted by molar-refractivity contribution is -0.121. The summed E-state index contributed by atoms with van der Waals surface area (Å²) < 4.78 is 0. The Balaban J connectivity index is 3.29. The molecule has 0 N–H and O–H groups in total. The van der Waals surface area contributed by atoms with Gasteiger partial charge in [0.2, 0.25) is 0 Å². The average molecular weight is 198 g/mol. The maximum absolute atomic E-state index is 11.1. The number of hydrogen-bond donors (Lipinski definition) is 0. The molecule has 0 aromatic heterocycles. The summed E-state index contributed by atoms with van der Waals surface area (Å²) in [5.74, 6) is 0.710. The Morgan fingerprint density at radius 1 is 1.00 bits per heavy atom. The van der Waals surface area contributed by atoms with Crippen molar-refractivity contribution in [3.8, 4) is 0 Å². The zero-order valence-corrected chi connectivity index (χ0v) is 10.1. The van der Waals surface area contributed by atoms with Gasteiger partial charge in [0.15, 0.2) is 0 Å². The summed E-state index contributed by atoms with van der Waals surface area (Å²) in [6.45, 7) is 6.08. The van der Waals surface area contributed by atoms with Gasteiger partial charge in [-0.05, 0) is 19.8 Å². The van der Waals surface area contributed by atoms with Crippen LogP contribution in [-0.4, -0.2) is 5.78 Å². The Bertz CT molecular complexity index is 140. The fraction of sp³-hybridized carbons (Fsp3) is 0.923. The van der Waals surface area contributed by atoms with Crippen molar-refractivity contribution in [2.24, 2.45) is 5.92 Å². The van der Waals surface area contributed by atoms with Gasteiger partial charge in [-0.3, -0.25) is 4.79 Å². The van der Waals surface area contributed by atoms with E-state index in [1.54, 1.807) is 6.92 Å². The van der Waals surface area contributed by atoms with Crippen molar-refractivity contribution in [1.29, 1.82) is 0 Å². The highest BCUT2D eigenvalue weighted by atomic mass is 16.1. The first-order valence-electron chi connectivity index (χ1n) is 6.22. The van der Waals surface area contributed by atoms with Crippen LogP contribution in [0.3, 0.4) is 0 Å². The summed E-state index contributed by atoms with van der Waals surface area (Å²) in [5, 5.41) is 0. The van der Waals surface area contributed by atoms with Crippen molar-refractivity contribution < 1.29 is 4.79 Å². The molecule has 0 aliphatic carbocycles. The van der Waals surface area contributed by atoms with E-state index in [4.69, 9.17) is 0 Å². The minimum Gasteiger partial charge on any atom is -0.300 e. The molecule has 0 spiro atoms. The molecule has 0 saturated carbocycles. The highest BCUT2D eigenvalue weighted by molar-refractivity contribution is 5.78. The lowest BCUT2D eigenvalue weighted by Gasteiger charge is -2.10. The molecule has 1 atom stereocenters. The van der Waals surface area contributed by atoms with E-state index < -0.39 is 0 Å². The van der Waals surface area contributed by atoms with Crippen LogP contribution < -0.4 is 0 Å². The first kappa shape index (κ1) is 13.7. The zero-order valence-electron chi connectivity index (χ0n) is 10.1. The third-order valence-corrected chi connectivity index (χ3v) is 2.97. The van der Waals surface area contributed by atoms with E-state index in [0.29, 0.717) is 11.7 Å². The van der Waals surface area contributed by atoms with Crippen LogP contribution in [0.25, 0.3) is 0 Å². The normalized spacial score (nSPS) is 12.8. The van der Waals surface area contributed by atoms with Crippen molar-refractivity contribution in [1.82, 2.24) is 0 Å². The number of Topliss-reactive ketones (excluding diaryl/α,β-unsaturated/α-hetero) is 1. The molecule has 14 heavy (non-hydrogen) atoms. The molecule has 0 aromatic rings. The van der Waals surface area contributed by atoms with Gasteiger partial charge in [0.05, 0.1) is 0 Å². The average Bonchev–Trinajstić information content (AvgIpc) is 2.16. The number of ketones is 1. The van der Waals surface area contributed by atoms with Crippen LogP contribution in [-0.2, 0) is 4.79 Å². The van der Waals surface area contributed by atoms with Gasteiger partial charge in [0.1, 0.15) is 5.78 Å². The minimum atomic E-state index is 0.334. The Morgan fingerprint density at radius 2 is 1.57 bits per heavy atom. The van der Waals surface area contributed by atoms with E-state index in [0.717, 1.165) is 12.8 Å². The van der Waals surface area contributed by atoms with Crippen LogP contribution in [0, 0.1) is 5.92 Å². The Morgan fingerprint density at radius 3 is 2.07 bits per heavy atom. The van der Waals surface area contributed by atoms with Crippen molar-refractivity contribution in [3.05, 3.63) is 0 Å². The van der Waals surface area contributed by atoms with Crippen LogP contribution in [0.15, 0.2) is 0 Å². The molecule has 0 heterocycles. The summed E-state index contributed by atoms with van der Waals surface area (Å²) in [6, 6.07) is 0. The second kappa shape index (κ2) is 9.23. The lowest BCUT2D eigenvalue weighted by Crippen LogP contribution is -2.09. The quantitative estimate of drug-likeness (QED) is 0.503. The second-order valence-corrected chi connectivity index (χ2v) is 4.27. The number of unbranched alkanes of at least 4 members (excludes halogenated alkanes) is 5. The number of hydrogen-bond acceptors (Lipinski definition) is 1. The van der Waals surface area contributed by atoms with E-state index in [1.165, 1.54) is 38.5 Å². The number of carbonyl (C=O) groups excluding carboxylic acids is 1. The monoisotopic (exact) mass is 198 g/mol. The van der Waals surface area contributed by atoms with E-state index in [9.17, 15) is 4.79 Å². The molecule has 0 amide bonds. The SMILES string of the molecule is CCCCCCCCC(CC)C(C)=O. The van der Waals surface area contributed by atoms with Crippen LogP contribution in [0.2, 0.25) is 0 Å². The molecule has 0 rings (SSSR count). The molecule has 1 nitrogen and oxygen atoms in total. The Labute approximate surface area is 89.3 Å². The van der Waals surface area contributed by atoms with Gasteiger partial charge in [-0.2, -0.15) is 0 Å². The van der Waals surface area contributed by atoms with E-state index in [2.05, 4.69) is 13.8 Å². The van der Waals surface area contributed by atoms with Gasteiger partial charge in [0, 0.05) is 5.92 Å². The molecule has 0 saturated heterocycles. The highest BCUT2D eigenvalue weighted by Crippen LogP contribution is 2.15. The third-order valence-electron chi connectivity index (χ3n) is 2.97. The molecule has 84 valence electrons. The molecular formula is C13H26O. The van der Waals surface area contributed by atoms with Crippen LogP contribution in [0.1, 0.15) is 72.1 Å². The third kappa shape index (κ3) is 7.11. The molecule has 0 bridgehead atoms. The highest BCUT2D eigenvalue weighted by Gasteiger charge is 2.10. The van der Waals surface area contributed by atoms with Crippen molar-refractivity contribution in [2.45, 2.75) is 72.1 Å². The topological polar surface area (TPSA) is 17.1 Å². The van der Waals surface area contributed by atoms with E-state index in [1.807, 2.05) is 0 Å². The van der Waals surface area contributed by atoms with Crippen LogP contribution >= 0.6 is 0 Å². The molecule has 0 aromatic carbocycles. The Kier molecular flexibility index (Phi) is 9.02. The van der Waals surface area contributed by atoms with Gasteiger partial charge in [0.25, 0.3) is 0 Å². The molecule has 0 aliphatic rings. The second-order valence-electron chi connectivity index (χ2n) is 4.27. The van der Waals surface area contributed by atoms with Crippen molar-refractivity contribution in [3.63, 3.8) is 0 Å². The first-order valence-corrected chi connectivity index (χ1v) is 6.22. The Hall–Kier alpha value is -0.330. The maximum atomic E-state index is 11.1. The fourth-order valence-corrected chi connectivity index (χ4v) is 1.87. The van der Waals surface area contributed by atoms with E-state index in [-0.39, 0.29) is 0 Å². The molecule has 0 aliphatic heterocycles. The number of rotatable bonds is 9. The molecule has 0 fully saturated rings. The predicted molar refractivity (Wildman–Crippen MR) is 62.5 cm³/mol. The fourth-order valence-electron chi connectivity index (χ4n) is 1.87. The summed E-state index contributed by atoms with van der Waals surface area (Å²) in [5.41, 5.74) is 0.